The van der Waals surface area contributed by atoms with Crippen molar-refractivity contribution in [3.8, 4) is 5.75 Å². The molecule has 0 bridgehead atoms. The average molecular weight is 207 g/mol. The Morgan fingerprint density at radius 3 is 2.53 bits per heavy atom. The predicted octanol–water partition coefficient (Wildman–Crippen LogP) is 2.69. The molecule has 0 amide bonds. The minimum Gasteiger partial charge on any atom is -0.491 e. The van der Waals surface area contributed by atoms with Crippen LogP contribution in [0.1, 0.15) is 30.9 Å². The number of rotatable bonds is 4. The Bertz CT molecular complexity index is 318. The van der Waals surface area contributed by atoms with Gasteiger partial charge in [0, 0.05) is 12.5 Å². The molecule has 2 heteroatoms. The van der Waals surface area contributed by atoms with E-state index in [9.17, 15) is 0 Å². The third-order valence-corrected chi connectivity index (χ3v) is 2.25. The fourth-order valence-corrected chi connectivity index (χ4v) is 1.42. The van der Waals surface area contributed by atoms with Crippen molar-refractivity contribution < 1.29 is 9.84 Å². The van der Waals surface area contributed by atoms with Gasteiger partial charge in [-0.2, -0.15) is 0 Å². The molecule has 0 aromatic heterocycles. The SMILES string of the molecule is [CH2]C(CO)c1ccc(OC(C)C)c(C)c1. The number of benzene rings is 1. The summed E-state index contributed by atoms with van der Waals surface area (Å²) in [4.78, 5) is 0. The quantitative estimate of drug-likeness (QED) is 0.822. The van der Waals surface area contributed by atoms with Gasteiger partial charge >= 0.3 is 0 Å². The van der Waals surface area contributed by atoms with Crippen LogP contribution in [0.15, 0.2) is 18.2 Å². The maximum atomic E-state index is 9.00. The van der Waals surface area contributed by atoms with Crippen LogP contribution >= 0.6 is 0 Å². The molecule has 0 aliphatic carbocycles. The molecule has 1 aromatic rings. The first-order chi connectivity index (χ1) is 7.04. The number of ether oxygens (including phenoxy) is 1. The normalized spacial score (nSPS) is 12.9. The molecule has 1 rings (SSSR count). The van der Waals surface area contributed by atoms with Crippen LogP contribution in [0.4, 0.5) is 0 Å². The van der Waals surface area contributed by atoms with E-state index in [-0.39, 0.29) is 18.6 Å². The van der Waals surface area contributed by atoms with Gasteiger partial charge in [-0.1, -0.05) is 12.1 Å². The Hall–Kier alpha value is -1.02. The van der Waals surface area contributed by atoms with Gasteiger partial charge in [0.05, 0.1) is 6.10 Å². The van der Waals surface area contributed by atoms with E-state index in [2.05, 4.69) is 6.92 Å². The van der Waals surface area contributed by atoms with E-state index in [0.29, 0.717) is 0 Å². The summed E-state index contributed by atoms with van der Waals surface area (Å²) in [5.41, 5.74) is 2.13. The van der Waals surface area contributed by atoms with Gasteiger partial charge in [-0.15, -0.1) is 0 Å². The highest BCUT2D eigenvalue weighted by Crippen LogP contribution is 2.24. The lowest BCUT2D eigenvalue weighted by molar-refractivity contribution is 0.240. The number of aliphatic hydroxyl groups is 1. The summed E-state index contributed by atoms with van der Waals surface area (Å²) < 4.78 is 5.63. The Kier molecular flexibility index (Phi) is 4.15. The first-order valence-corrected chi connectivity index (χ1v) is 5.25. The number of hydrogen-bond acceptors (Lipinski definition) is 2. The number of aliphatic hydroxyl groups excluding tert-OH is 1. The predicted molar refractivity (Wildman–Crippen MR) is 62.1 cm³/mol. The fourth-order valence-electron chi connectivity index (χ4n) is 1.42. The van der Waals surface area contributed by atoms with E-state index in [1.165, 1.54) is 0 Å². The molecule has 1 aromatic carbocycles. The van der Waals surface area contributed by atoms with E-state index in [0.717, 1.165) is 16.9 Å². The van der Waals surface area contributed by atoms with Crippen LogP contribution in [-0.2, 0) is 0 Å². The van der Waals surface area contributed by atoms with Crippen molar-refractivity contribution in [2.24, 2.45) is 0 Å². The van der Waals surface area contributed by atoms with Crippen molar-refractivity contribution in [1.29, 1.82) is 0 Å². The highest BCUT2D eigenvalue weighted by Gasteiger charge is 2.07. The van der Waals surface area contributed by atoms with E-state index in [1.807, 2.05) is 39.0 Å². The first kappa shape index (κ1) is 12.1. The summed E-state index contributed by atoms with van der Waals surface area (Å²) >= 11 is 0. The molecule has 0 heterocycles. The minimum atomic E-state index is -0.0585. The zero-order valence-corrected chi connectivity index (χ0v) is 9.66. The van der Waals surface area contributed by atoms with E-state index in [4.69, 9.17) is 9.84 Å². The van der Waals surface area contributed by atoms with Crippen LogP contribution < -0.4 is 4.74 Å². The molecule has 0 saturated carbocycles. The minimum absolute atomic E-state index is 0.0585. The van der Waals surface area contributed by atoms with Crippen LogP contribution in [0.5, 0.6) is 5.75 Å². The lowest BCUT2D eigenvalue weighted by atomic mass is 10.00. The topological polar surface area (TPSA) is 29.5 Å². The van der Waals surface area contributed by atoms with Crippen molar-refractivity contribution in [1.82, 2.24) is 0 Å². The zero-order chi connectivity index (χ0) is 11.4. The summed E-state index contributed by atoms with van der Waals surface area (Å²) in [5.74, 6) is 0.843. The van der Waals surface area contributed by atoms with E-state index in [1.54, 1.807) is 0 Å². The van der Waals surface area contributed by atoms with Crippen LogP contribution in [0, 0.1) is 13.8 Å². The monoisotopic (exact) mass is 207 g/mol. The number of hydrogen-bond donors (Lipinski definition) is 1. The molecule has 2 nitrogen and oxygen atoms in total. The average Bonchev–Trinajstić information content (AvgIpc) is 2.19. The molecular formula is C13H19O2. The van der Waals surface area contributed by atoms with Gasteiger partial charge in [0.2, 0.25) is 0 Å². The van der Waals surface area contributed by atoms with Gasteiger partial charge in [0.1, 0.15) is 5.75 Å². The van der Waals surface area contributed by atoms with Gasteiger partial charge in [-0.05, 0) is 44.9 Å². The first-order valence-electron chi connectivity index (χ1n) is 5.25. The molecule has 1 unspecified atom stereocenters. The van der Waals surface area contributed by atoms with Crippen molar-refractivity contribution in [2.45, 2.75) is 32.8 Å². The Morgan fingerprint density at radius 1 is 1.40 bits per heavy atom. The van der Waals surface area contributed by atoms with Crippen molar-refractivity contribution in [3.05, 3.63) is 36.2 Å². The van der Waals surface area contributed by atoms with Gasteiger partial charge in [0.15, 0.2) is 0 Å². The van der Waals surface area contributed by atoms with E-state index >= 15 is 0 Å². The van der Waals surface area contributed by atoms with Crippen molar-refractivity contribution in [3.63, 3.8) is 0 Å². The second-order valence-corrected chi connectivity index (χ2v) is 4.07. The lowest BCUT2D eigenvalue weighted by Gasteiger charge is -2.15. The molecule has 0 aliphatic heterocycles. The van der Waals surface area contributed by atoms with Gasteiger partial charge in [-0.3, -0.25) is 0 Å². The maximum Gasteiger partial charge on any atom is 0.122 e. The Balaban J connectivity index is 2.88. The van der Waals surface area contributed by atoms with Crippen molar-refractivity contribution in [2.75, 3.05) is 6.61 Å². The van der Waals surface area contributed by atoms with Gasteiger partial charge in [0.25, 0.3) is 0 Å². The molecule has 15 heavy (non-hydrogen) atoms. The summed E-state index contributed by atoms with van der Waals surface area (Å²) in [7, 11) is 0. The van der Waals surface area contributed by atoms with Crippen LogP contribution in [-0.4, -0.2) is 17.8 Å². The standard InChI is InChI=1S/C13H19O2/c1-9(2)15-13-6-5-12(7-10(13)3)11(4)8-14/h5-7,9,11,14H,4,8H2,1-3H3. The maximum absolute atomic E-state index is 9.00. The van der Waals surface area contributed by atoms with E-state index < -0.39 is 0 Å². The van der Waals surface area contributed by atoms with Gasteiger partial charge < -0.3 is 9.84 Å². The van der Waals surface area contributed by atoms with Crippen LogP contribution in [0.25, 0.3) is 0 Å². The highest BCUT2D eigenvalue weighted by atomic mass is 16.5. The Labute approximate surface area is 91.9 Å². The third-order valence-electron chi connectivity index (χ3n) is 2.25. The lowest BCUT2D eigenvalue weighted by Crippen LogP contribution is -2.07. The smallest absolute Gasteiger partial charge is 0.122 e. The summed E-state index contributed by atoms with van der Waals surface area (Å²) in [6, 6.07) is 5.92. The molecule has 1 N–H and O–H groups in total. The fraction of sp³-hybridized carbons (Fsp3) is 0.462. The van der Waals surface area contributed by atoms with Crippen LogP contribution in [0.2, 0.25) is 0 Å². The number of aryl methyl sites for hydroxylation is 1. The summed E-state index contributed by atoms with van der Waals surface area (Å²) in [6.45, 7) is 9.96. The molecule has 1 radical (unpaired) electrons. The Morgan fingerprint density at radius 2 is 2.07 bits per heavy atom. The third kappa shape index (κ3) is 3.24. The highest BCUT2D eigenvalue weighted by molar-refractivity contribution is 5.38. The largest absolute Gasteiger partial charge is 0.491 e. The summed E-state index contributed by atoms with van der Waals surface area (Å²) in [5, 5.41) is 9.00. The molecule has 0 saturated heterocycles. The molecular weight excluding hydrogens is 188 g/mol. The van der Waals surface area contributed by atoms with Crippen LogP contribution in [0.3, 0.4) is 0 Å². The molecule has 1 atom stereocenters. The molecule has 0 fully saturated rings. The van der Waals surface area contributed by atoms with Crippen molar-refractivity contribution >= 4 is 0 Å². The van der Waals surface area contributed by atoms with Gasteiger partial charge in [-0.25, -0.2) is 0 Å². The molecule has 83 valence electrons. The second-order valence-electron chi connectivity index (χ2n) is 4.07. The zero-order valence-electron chi connectivity index (χ0n) is 9.66. The molecule has 0 aliphatic rings. The second kappa shape index (κ2) is 5.17. The molecule has 0 spiro atoms. The summed E-state index contributed by atoms with van der Waals surface area (Å²) in [6.07, 6.45) is 0.183.